The van der Waals surface area contributed by atoms with Crippen molar-refractivity contribution >= 4 is 22.6 Å². The first-order valence-corrected chi connectivity index (χ1v) is 4.57. The predicted molar refractivity (Wildman–Crippen MR) is 58.7 cm³/mol. The van der Waals surface area contributed by atoms with Crippen LogP contribution in [0.4, 0.5) is 5.69 Å². The Kier molecular flexibility index (Phi) is 2.11. The van der Waals surface area contributed by atoms with Crippen LogP contribution in [-0.4, -0.2) is 17.6 Å². The van der Waals surface area contributed by atoms with Crippen molar-refractivity contribution in [3.8, 4) is 0 Å². The van der Waals surface area contributed by atoms with Crippen LogP contribution in [0.15, 0.2) is 24.4 Å². The number of carbonyl (C=O) groups excluding carboxylic acids is 1. The molecule has 4 heteroatoms. The molecule has 0 radical (unpaired) electrons. The lowest BCUT2D eigenvalue weighted by Crippen LogP contribution is -2.06. The molecule has 78 valence electrons. The quantitative estimate of drug-likeness (QED) is 0.566. The fourth-order valence-electron chi connectivity index (χ4n) is 1.71. The molecule has 4 nitrogen and oxygen atoms in total. The summed E-state index contributed by atoms with van der Waals surface area (Å²) in [6.07, 6.45) is 1.90. The second kappa shape index (κ2) is 3.31. The monoisotopic (exact) mass is 204 g/mol. The van der Waals surface area contributed by atoms with Gasteiger partial charge in [0.25, 0.3) is 0 Å². The highest BCUT2D eigenvalue weighted by molar-refractivity contribution is 6.04. The van der Waals surface area contributed by atoms with Crippen LogP contribution in [0.5, 0.6) is 0 Å². The van der Waals surface area contributed by atoms with E-state index in [-0.39, 0.29) is 0 Å². The summed E-state index contributed by atoms with van der Waals surface area (Å²) >= 11 is 0. The van der Waals surface area contributed by atoms with Crippen LogP contribution in [0.25, 0.3) is 10.9 Å². The number of fused-ring (bicyclic) bond motifs is 1. The van der Waals surface area contributed by atoms with Gasteiger partial charge in [-0.1, -0.05) is 6.07 Å². The maximum absolute atomic E-state index is 11.4. The third-order valence-corrected chi connectivity index (χ3v) is 2.48. The minimum Gasteiger partial charge on any atom is -0.465 e. The lowest BCUT2D eigenvalue weighted by atomic mass is 10.1. The molecule has 0 unspecified atom stereocenters. The Morgan fingerprint density at radius 1 is 1.40 bits per heavy atom. The van der Waals surface area contributed by atoms with Crippen molar-refractivity contribution in [2.24, 2.45) is 7.05 Å². The number of hydrogen-bond donors (Lipinski definition) is 1. The summed E-state index contributed by atoms with van der Waals surface area (Å²) in [6.45, 7) is 0. The highest BCUT2D eigenvalue weighted by Gasteiger charge is 2.13. The van der Waals surface area contributed by atoms with Gasteiger partial charge in [-0.2, -0.15) is 0 Å². The second-order valence-corrected chi connectivity index (χ2v) is 3.38. The van der Waals surface area contributed by atoms with Crippen molar-refractivity contribution in [2.45, 2.75) is 0 Å². The zero-order valence-corrected chi connectivity index (χ0v) is 8.65. The lowest BCUT2D eigenvalue weighted by molar-refractivity contribution is 0.0602. The number of esters is 1. The van der Waals surface area contributed by atoms with Crippen molar-refractivity contribution in [3.63, 3.8) is 0 Å². The highest BCUT2D eigenvalue weighted by Crippen LogP contribution is 2.25. The summed E-state index contributed by atoms with van der Waals surface area (Å²) in [5.41, 5.74) is 7.65. The Labute approximate surface area is 87.2 Å². The molecule has 15 heavy (non-hydrogen) atoms. The Balaban J connectivity index is 2.74. The Bertz CT molecular complexity index is 529. The van der Waals surface area contributed by atoms with Gasteiger partial charge in [0.1, 0.15) is 0 Å². The number of anilines is 1. The molecular formula is C11H12N2O2. The molecular weight excluding hydrogens is 192 g/mol. The summed E-state index contributed by atoms with van der Waals surface area (Å²) in [7, 11) is 3.23. The number of nitrogens with zero attached hydrogens (tertiary/aromatic N) is 1. The van der Waals surface area contributed by atoms with Crippen molar-refractivity contribution < 1.29 is 9.53 Å². The van der Waals surface area contributed by atoms with Crippen LogP contribution in [-0.2, 0) is 11.8 Å². The minimum atomic E-state index is -0.407. The van der Waals surface area contributed by atoms with Gasteiger partial charge < -0.3 is 15.0 Å². The second-order valence-electron chi connectivity index (χ2n) is 3.38. The summed E-state index contributed by atoms with van der Waals surface area (Å²) in [4.78, 5) is 11.4. The van der Waals surface area contributed by atoms with E-state index in [9.17, 15) is 4.79 Å². The number of ether oxygens (including phenoxy) is 1. The molecule has 1 aromatic heterocycles. The molecule has 1 aromatic carbocycles. The standard InChI is InChI=1S/C11H12N2O2/c1-13-6-5-7-3-4-8(11(14)15-2)9(12)10(7)13/h3-6H,12H2,1-2H3. The zero-order valence-electron chi connectivity index (χ0n) is 8.65. The van der Waals surface area contributed by atoms with Gasteiger partial charge in [-0.3, -0.25) is 0 Å². The Morgan fingerprint density at radius 3 is 2.80 bits per heavy atom. The SMILES string of the molecule is COC(=O)c1ccc2ccn(C)c2c1N. The maximum Gasteiger partial charge on any atom is 0.340 e. The molecule has 2 rings (SSSR count). The fourth-order valence-corrected chi connectivity index (χ4v) is 1.71. The first-order chi connectivity index (χ1) is 7.15. The largest absolute Gasteiger partial charge is 0.465 e. The predicted octanol–water partition coefficient (Wildman–Crippen LogP) is 1.55. The first kappa shape index (κ1) is 9.58. The summed E-state index contributed by atoms with van der Waals surface area (Å²) in [6, 6.07) is 5.49. The molecule has 0 saturated heterocycles. The molecule has 0 aliphatic carbocycles. The summed E-state index contributed by atoms with van der Waals surface area (Å²) in [5.74, 6) is -0.407. The number of benzene rings is 1. The van der Waals surface area contributed by atoms with Gasteiger partial charge in [0.15, 0.2) is 0 Å². The van der Waals surface area contributed by atoms with Gasteiger partial charge in [0.05, 0.1) is 23.9 Å². The molecule has 0 aliphatic rings. The Morgan fingerprint density at radius 2 is 2.13 bits per heavy atom. The number of methoxy groups -OCH3 is 1. The van der Waals surface area contributed by atoms with E-state index in [1.165, 1.54) is 7.11 Å². The number of nitrogens with two attached hydrogens (primary N) is 1. The van der Waals surface area contributed by atoms with Gasteiger partial charge in [-0.25, -0.2) is 4.79 Å². The smallest absolute Gasteiger partial charge is 0.340 e. The molecule has 0 aliphatic heterocycles. The van der Waals surface area contributed by atoms with E-state index in [0.29, 0.717) is 11.3 Å². The van der Waals surface area contributed by atoms with Gasteiger partial charge in [0, 0.05) is 18.6 Å². The van der Waals surface area contributed by atoms with Crippen LogP contribution in [0.2, 0.25) is 0 Å². The van der Waals surface area contributed by atoms with Crippen LogP contribution < -0.4 is 5.73 Å². The summed E-state index contributed by atoms with van der Waals surface area (Å²) in [5, 5.41) is 1.02. The van der Waals surface area contributed by atoms with Crippen LogP contribution in [0.3, 0.4) is 0 Å². The molecule has 2 N–H and O–H groups in total. The lowest BCUT2D eigenvalue weighted by Gasteiger charge is -2.06. The van der Waals surface area contributed by atoms with E-state index in [0.717, 1.165) is 10.9 Å². The molecule has 0 amide bonds. The van der Waals surface area contributed by atoms with E-state index >= 15 is 0 Å². The van der Waals surface area contributed by atoms with Crippen LogP contribution >= 0.6 is 0 Å². The molecule has 1 heterocycles. The van der Waals surface area contributed by atoms with E-state index < -0.39 is 5.97 Å². The Hall–Kier alpha value is -1.97. The number of hydrogen-bond acceptors (Lipinski definition) is 3. The van der Waals surface area contributed by atoms with Gasteiger partial charge in [-0.15, -0.1) is 0 Å². The average Bonchev–Trinajstić information content (AvgIpc) is 2.61. The van der Waals surface area contributed by atoms with E-state index in [1.54, 1.807) is 6.07 Å². The third-order valence-electron chi connectivity index (χ3n) is 2.48. The normalized spacial score (nSPS) is 10.5. The van der Waals surface area contributed by atoms with E-state index in [4.69, 9.17) is 5.73 Å². The van der Waals surface area contributed by atoms with Crippen molar-refractivity contribution in [1.29, 1.82) is 0 Å². The van der Waals surface area contributed by atoms with E-state index in [1.807, 2.05) is 29.9 Å². The van der Waals surface area contributed by atoms with Gasteiger partial charge in [-0.05, 0) is 12.1 Å². The van der Waals surface area contributed by atoms with Crippen molar-refractivity contribution in [1.82, 2.24) is 4.57 Å². The molecule has 2 aromatic rings. The number of nitrogen functional groups attached to an aromatic ring is 1. The summed E-state index contributed by atoms with van der Waals surface area (Å²) < 4.78 is 6.54. The van der Waals surface area contributed by atoms with Crippen molar-refractivity contribution in [2.75, 3.05) is 12.8 Å². The molecule has 0 saturated carbocycles. The van der Waals surface area contributed by atoms with Crippen molar-refractivity contribution in [3.05, 3.63) is 30.0 Å². The molecule has 0 spiro atoms. The van der Waals surface area contributed by atoms with Gasteiger partial charge in [0.2, 0.25) is 0 Å². The van der Waals surface area contributed by atoms with E-state index in [2.05, 4.69) is 4.74 Å². The number of aromatic nitrogens is 1. The fraction of sp³-hybridized carbons (Fsp3) is 0.182. The first-order valence-electron chi connectivity index (χ1n) is 4.57. The topological polar surface area (TPSA) is 57.2 Å². The van der Waals surface area contributed by atoms with Crippen LogP contribution in [0.1, 0.15) is 10.4 Å². The molecule has 0 fully saturated rings. The minimum absolute atomic E-state index is 0.407. The highest BCUT2D eigenvalue weighted by atomic mass is 16.5. The average molecular weight is 204 g/mol. The molecule has 0 atom stereocenters. The number of carbonyl (C=O) groups is 1. The number of aryl methyl sites for hydroxylation is 1. The maximum atomic E-state index is 11.4. The van der Waals surface area contributed by atoms with Gasteiger partial charge >= 0.3 is 5.97 Å². The third kappa shape index (κ3) is 1.34. The van der Waals surface area contributed by atoms with Crippen LogP contribution in [0, 0.1) is 0 Å². The number of rotatable bonds is 1. The molecule has 0 bridgehead atoms. The zero-order chi connectivity index (χ0) is 11.0.